The average molecular weight is 327 g/mol. The maximum Gasteiger partial charge on any atom is 0.264 e. The first-order chi connectivity index (χ1) is 11.0. The van der Waals surface area contributed by atoms with E-state index in [2.05, 4.69) is 10.1 Å². The Kier molecular flexibility index (Phi) is 4.25. The molecule has 3 aromatic rings. The van der Waals surface area contributed by atoms with Crippen LogP contribution in [0.5, 0.6) is 0 Å². The lowest BCUT2D eigenvalue weighted by Gasteiger charge is -2.15. The number of aryl methyl sites for hydroxylation is 2. The third kappa shape index (κ3) is 3.32. The van der Waals surface area contributed by atoms with Gasteiger partial charge in [-0.2, -0.15) is 4.98 Å². The first-order valence-corrected chi connectivity index (χ1v) is 8.12. The first kappa shape index (κ1) is 15.4. The summed E-state index contributed by atoms with van der Waals surface area (Å²) in [6, 6.07) is 10.2. The number of nitrogens with zero attached hydrogens (tertiary/aromatic N) is 3. The van der Waals surface area contributed by atoms with E-state index in [-0.39, 0.29) is 5.91 Å². The summed E-state index contributed by atoms with van der Waals surface area (Å²) in [5.41, 5.74) is 3.20. The molecule has 0 unspecified atom stereocenters. The van der Waals surface area contributed by atoms with Crippen molar-refractivity contribution in [2.24, 2.45) is 0 Å². The number of carbonyl (C=O) groups excluding carboxylic acids is 1. The summed E-state index contributed by atoms with van der Waals surface area (Å²) in [5.74, 6) is 0.960. The predicted molar refractivity (Wildman–Crippen MR) is 89.3 cm³/mol. The quantitative estimate of drug-likeness (QED) is 0.733. The van der Waals surface area contributed by atoms with Gasteiger partial charge in [-0.3, -0.25) is 4.79 Å². The van der Waals surface area contributed by atoms with E-state index in [0.717, 1.165) is 16.0 Å². The van der Waals surface area contributed by atoms with Crippen LogP contribution in [0, 0.1) is 13.8 Å². The van der Waals surface area contributed by atoms with Crippen molar-refractivity contribution in [3.05, 3.63) is 57.9 Å². The summed E-state index contributed by atoms with van der Waals surface area (Å²) in [4.78, 5) is 19.2. The predicted octanol–water partition coefficient (Wildman–Crippen LogP) is 3.69. The molecule has 6 heteroatoms. The fourth-order valence-electron chi connectivity index (χ4n) is 2.30. The highest BCUT2D eigenvalue weighted by Crippen LogP contribution is 2.29. The van der Waals surface area contributed by atoms with Crippen LogP contribution in [0.1, 0.15) is 27.0 Å². The summed E-state index contributed by atoms with van der Waals surface area (Å²) < 4.78 is 4.94. The molecule has 0 fully saturated rings. The summed E-state index contributed by atoms with van der Waals surface area (Å²) >= 11 is 1.45. The second-order valence-electron chi connectivity index (χ2n) is 5.42. The Bertz CT molecular complexity index is 820. The summed E-state index contributed by atoms with van der Waals surface area (Å²) in [7, 11) is 1.74. The average Bonchev–Trinajstić information content (AvgIpc) is 3.16. The fourth-order valence-corrected chi connectivity index (χ4v) is 3.21. The first-order valence-electron chi connectivity index (χ1n) is 7.24. The maximum absolute atomic E-state index is 12.7. The van der Waals surface area contributed by atoms with Gasteiger partial charge in [0.2, 0.25) is 5.89 Å². The Morgan fingerprint density at radius 3 is 2.61 bits per heavy atom. The number of hydrogen-bond acceptors (Lipinski definition) is 5. The summed E-state index contributed by atoms with van der Waals surface area (Å²) in [5, 5.41) is 5.77. The lowest BCUT2D eigenvalue weighted by molar-refractivity contribution is 0.0786. The smallest absolute Gasteiger partial charge is 0.264 e. The van der Waals surface area contributed by atoms with Crippen molar-refractivity contribution in [3.8, 4) is 11.1 Å². The van der Waals surface area contributed by atoms with Crippen LogP contribution in [0.25, 0.3) is 11.1 Å². The van der Waals surface area contributed by atoms with Crippen LogP contribution in [0.15, 0.2) is 40.2 Å². The van der Waals surface area contributed by atoms with Crippen molar-refractivity contribution in [3.63, 3.8) is 0 Å². The monoisotopic (exact) mass is 327 g/mol. The van der Waals surface area contributed by atoms with Gasteiger partial charge in [0.1, 0.15) is 0 Å². The Balaban J connectivity index is 1.82. The van der Waals surface area contributed by atoms with Crippen LogP contribution in [-0.2, 0) is 6.54 Å². The number of aromatic nitrogens is 2. The van der Waals surface area contributed by atoms with E-state index >= 15 is 0 Å². The zero-order valence-corrected chi connectivity index (χ0v) is 14.1. The summed E-state index contributed by atoms with van der Waals surface area (Å²) in [6.45, 7) is 4.10. The van der Waals surface area contributed by atoms with Gasteiger partial charge in [0.15, 0.2) is 5.82 Å². The third-order valence-electron chi connectivity index (χ3n) is 3.52. The van der Waals surface area contributed by atoms with Crippen molar-refractivity contribution in [2.45, 2.75) is 20.4 Å². The van der Waals surface area contributed by atoms with E-state index in [1.54, 1.807) is 18.9 Å². The molecule has 23 heavy (non-hydrogen) atoms. The van der Waals surface area contributed by atoms with Gasteiger partial charge in [0, 0.05) is 19.5 Å². The minimum atomic E-state index is -0.0435. The lowest BCUT2D eigenvalue weighted by atomic mass is 10.0. The van der Waals surface area contributed by atoms with Gasteiger partial charge in [-0.1, -0.05) is 35.0 Å². The van der Waals surface area contributed by atoms with Crippen LogP contribution >= 0.6 is 11.3 Å². The van der Waals surface area contributed by atoms with Crippen molar-refractivity contribution >= 4 is 17.2 Å². The SMILES string of the molecule is Cc1ccc(-c2ccsc2C(=O)N(C)Cc2noc(C)n2)cc1. The molecule has 0 saturated carbocycles. The van der Waals surface area contributed by atoms with Gasteiger partial charge in [-0.25, -0.2) is 0 Å². The molecule has 118 valence electrons. The number of amides is 1. The van der Waals surface area contributed by atoms with Crippen molar-refractivity contribution in [2.75, 3.05) is 7.05 Å². The third-order valence-corrected chi connectivity index (χ3v) is 4.42. The normalized spacial score (nSPS) is 10.7. The van der Waals surface area contributed by atoms with Crippen molar-refractivity contribution < 1.29 is 9.32 Å². The maximum atomic E-state index is 12.7. The molecule has 5 nitrogen and oxygen atoms in total. The second-order valence-corrected chi connectivity index (χ2v) is 6.34. The zero-order valence-electron chi connectivity index (χ0n) is 13.2. The van der Waals surface area contributed by atoms with E-state index in [9.17, 15) is 4.79 Å². The number of thiophene rings is 1. The summed E-state index contributed by atoms with van der Waals surface area (Å²) in [6.07, 6.45) is 0. The topological polar surface area (TPSA) is 59.2 Å². The molecule has 1 amide bonds. The van der Waals surface area contributed by atoms with Crippen LogP contribution in [-0.4, -0.2) is 28.0 Å². The Morgan fingerprint density at radius 2 is 1.96 bits per heavy atom. The molecule has 0 bridgehead atoms. The number of carbonyl (C=O) groups is 1. The molecule has 0 aliphatic heterocycles. The van der Waals surface area contributed by atoms with Gasteiger partial charge in [-0.05, 0) is 23.9 Å². The molecule has 3 rings (SSSR count). The molecule has 0 spiro atoms. The van der Waals surface area contributed by atoms with Gasteiger partial charge in [0.05, 0.1) is 11.4 Å². The minimum Gasteiger partial charge on any atom is -0.340 e. The highest BCUT2D eigenvalue weighted by molar-refractivity contribution is 7.12. The molecule has 0 atom stereocenters. The van der Waals surface area contributed by atoms with Crippen LogP contribution in [0.2, 0.25) is 0 Å². The minimum absolute atomic E-state index is 0.0435. The highest BCUT2D eigenvalue weighted by atomic mass is 32.1. The molecule has 0 N–H and O–H groups in total. The van der Waals surface area contributed by atoms with E-state index in [1.165, 1.54) is 16.9 Å². The molecule has 0 aliphatic rings. The van der Waals surface area contributed by atoms with E-state index in [1.807, 2.05) is 42.6 Å². The van der Waals surface area contributed by atoms with Gasteiger partial charge in [-0.15, -0.1) is 11.3 Å². The van der Waals surface area contributed by atoms with Crippen LogP contribution in [0.4, 0.5) is 0 Å². The van der Waals surface area contributed by atoms with E-state index < -0.39 is 0 Å². The molecular weight excluding hydrogens is 310 g/mol. The standard InChI is InChI=1S/C17H17N3O2S/c1-11-4-6-13(7-5-11)14-8-9-23-16(14)17(21)20(3)10-15-18-12(2)22-19-15/h4-9H,10H2,1-3H3. The molecule has 2 aromatic heterocycles. The highest BCUT2D eigenvalue weighted by Gasteiger charge is 2.20. The van der Waals surface area contributed by atoms with E-state index in [4.69, 9.17) is 4.52 Å². The number of rotatable bonds is 4. The lowest BCUT2D eigenvalue weighted by Crippen LogP contribution is -2.26. The van der Waals surface area contributed by atoms with Crippen molar-refractivity contribution in [1.29, 1.82) is 0 Å². The zero-order chi connectivity index (χ0) is 16.4. The Morgan fingerprint density at radius 1 is 1.22 bits per heavy atom. The molecule has 2 heterocycles. The molecule has 1 aromatic carbocycles. The van der Waals surface area contributed by atoms with Crippen LogP contribution in [0.3, 0.4) is 0 Å². The molecular formula is C17H17N3O2S. The molecule has 0 saturated heterocycles. The number of benzene rings is 1. The Labute approximate surface area is 138 Å². The fraction of sp³-hybridized carbons (Fsp3) is 0.235. The van der Waals surface area contributed by atoms with Gasteiger partial charge in [0.25, 0.3) is 5.91 Å². The van der Waals surface area contributed by atoms with Crippen LogP contribution < -0.4 is 0 Å². The van der Waals surface area contributed by atoms with Gasteiger partial charge < -0.3 is 9.42 Å². The second kappa shape index (κ2) is 6.34. The largest absolute Gasteiger partial charge is 0.340 e. The van der Waals surface area contributed by atoms with Gasteiger partial charge >= 0.3 is 0 Å². The molecule has 0 aliphatic carbocycles. The molecule has 0 radical (unpaired) electrons. The number of hydrogen-bond donors (Lipinski definition) is 0. The van der Waals surface area contributed by atoms with E-state index in [0.29, 0.717) is 18.3 Å². The van der Waals surface area contributed by atoms with Crippen molar-refractivity contribution in [1.82, 2.24) is 15.0 Å². The Hall–Kier alpha value is -2.47.